The molecule has 2 N–H and O–H groups in total. The molecule has 6 heteroatoms. The minimum Gasteiger partial charge on any atom is -0.392 e. The van der Waals surface area contributed by atoms with Gasteiger partial charge in [0.2, 0.25) is 5.91 Å². The Kier molecular flexibility index (Phi) is 4.78. The maximum absolute atomic E-state index is 12.2. The highest BCUT2D eigenvalue weighted by Gasteiger charge is 2.33. The van der Waals surface area contributed by atoms with Crippen LogP contribution in [0.2, 0.25) is 0 Å². The summed E-state index contributed by atoms with van der Waals surface area (Å²) in [4.78, 5) is 18.0. The van der Waals surface area contributed by atoms with Crippen molar-refractivity contribution >= 4 is 34.5 Å². The Bertz CT molecular complexity index is 477. The molecular formula is C14H21N3OS2. The van der Waals surface area contributed by atoms with Gasteiger partial charge in [0.05, 0.1) is 16.9 Å². The van der Waals surface area contributed by atoms with E-state index in [0.29, 0.717) is 11.4 Å². The molecule has 0 aromatic carbocycles. The molecule has 1 amide bonds. The average molecular weight is 311 g/mol. The predicted molar refractivity (Wildman–Crippen MR) is 87.0 cm³/mol. The maximum atomic E-state index is 12.2. The van der Waals surface area contributed by atoms with Gasteiger partial charge in [-0.15, -0.1) is 11.3 Å². The Morgan fingerprint density at radius 2 is 2.05 bits per heavy atom. The van der Waals surface area contributed by atoms with Gasteiger partial charge >= 0.3 is 0 Å². The second kappa shape index (κ2) is 6.20. The molecule has 1 saturated heterocycles. The minimum atomic E-state index is -0.280. The smallest absolute Gasteiger partial charge is 0.227 e. The second-order valence-electron chi connectivity index (χ2n) is 5.55. The van der Waals surface area contributed by atoms with E-state index < -0.39 is 0 Å². The van der Waals surface area contributed by atoms with Gasteiger partial charge < -0.3 is 10.6 Å². The van der Waals surface area contributed by atoms with E-state index >= 15 is 0 Å². The van der Waals surface area contributed by atoms with Crippen molar-refractivity contribution in [1.82, 2.24) is 9.80 Å². The van der Waals surface area contributed by atoms with E-state index in [1.807, 2.05) is 36.3 Å². The summed E-state index contributed by atoms with van der Waals surface area (Å²) in [6, 6.07) is 3.99. The Morgan fingerprint density at radius 1 is 1.40 bits per heavy atom. The number of amides is 1. The fourth-order valence-corrected chi connectivity index (χ4v) is 3.17. The number of thiophene rings is 1. The Morgan fingerprint density at radius 3 is 2.55 bits per heavy atom. The lowest BCUT2D eigenvalue weighted by atomic mass is 10.0. The molecule has 2 rings (SSSR count). The van der Waals surface area contributed by atoms with Gasteiger partial charge in [0.25, 0.3) is 0 Å². The summed E-state index contributed by atoms with van der Waals surface area (Å²) in [5.41, 5.74) is 5.52. The highest BCUT2D eigenvalue weighted by Crippen LogP contribution is 2.18. The van der Waals surface area contributed by atoms with E-state index in [1.165, 1.54) is 0 Å². The van der Waals surface area contributed by atoms with Gasteiger partial charge in [-0.2, -0.15) is 0 Å². The number of rotatable bonds is 4. The van der Waals surface area contributed by atoms with Crippen molar-refractivity contribution in [3.63, 3.8) is 0 Å². The molecule has 0 unspecified atom stereocenters. The quantitative estimate of drug-likeness (QED) is 0.856. The summed E-state index contributed by atoms with van der Waals surface area (Å²) in [6.45, 7) is 7.21. The molecule has 0 atom stereocenters. The summed E-state index contributed by atoms with van der Waals surface area (Å²) >= 11 is 6.76. The normalized spacial score (nSPS) is 17.2. The van der Waals surface area contributed by atoms with Crippen molar-refractivity contribution in [2.45, 2.75) is 25.8 Å². The lowest BCUT2D eigenvalue weighted by Crippen LogP contribution is -2.60. The number of hydrogen-bond donors (Lipinski definition) is 1. The predicted octanol–water partition coefficient (Wildman–Crippen LogP) is 1.50. The number of carbonyl (C=O) groups is 1. The van der Waals surface area contributed by atoms with Crippen molar-refractivity contribution < 1.29 is 4.79 Å². The van der Waals surface area contributed by atoms with E-state index in [9.17, 15) is 4.79 Å². The van der Waals surface area contributed by atoms with Gasteiger partial charge in [0.1, 0.15) is 0 Å². The highest BCUT2D eigenvalue weighted by molar-refractivity contribution is 7.80. The van der Waals surface area contributed by atoms with E-state index in [-0.39, 0.29) is 11.4 Å². The molecule has 4 nitrogen and oxygen atoms in total. The third kappa shape index (κ3) is 3.37. The van der Waals surface area contributed by atoms with E-state index in [2.05, 4.69) is 4.90 Å². The third-order valence-corrected chi connectivity index (χ3v) is 5.31. The molecule has 0 bridgehead atoms. The van der Waals surface area contributed by atoms with Crippen molar-refractivity contribution in [2.24, 2.45) is 5.73 Å². The molecule has 0 spiro atoms. The number of piperazine rings is 1. The van der Waals surface area contributed by atoms with E-state index in [0.717, 1.165) is 31.1 Å². The first kappa shape index (κ1) is 15.4. The van der Waals surface area contributed by atoms with Crippen molar-refractivity contribution in [3.8, 4) is 0 Å². The zero-order valence-corrected chi connectivity index (χ0v) is 13.6. The van der Waals surface area contributed by atoms with Gasteiger partial charge in [0.15, 0.2) is 0 Å². The van der Waals surface area contributed by atoms with Crippen LogP contribution in [0.5, 0.6) is 0 Å². The highest BCUT2D eigenvalue weighted by atomic mass is 32.1. The first-order valence-electron chi connectivity index (χ1n) is 6.76. The molecule has 0 radical (unpaired) electrons. The summed E-state index contributed by atoms with van der Waals surface area (Å²) in [5.74, 6) is 0.209. The summed E-state index contributed by atoms with van der Waals surface area (Å²) in [6.07, 6.45) is 0.510. The summed E-state index contributed by atoms with van der Waals surface area (Å²) in [5, 5.41) is 2.01. The number of nitrogens with zero attached hydrogens (tertiary/aromatic N) is 2. The van der Waals surface area contributed by atoms with Crippen LogP contribution in [0.15, 0.2) is 17.5 Å². The van der Waals surface area contributed by atoms with Gasteiger partial charge in [-0.05, 0) is 25.3 Å². The second-order valence-corrected chi connectivity index (χ2v) is 7.02. The summed E-state index contributed by atoms with van der Waals surface area (Å²) in [7, 11) is 0. The largest absolute Gasteiger partial charge is 0.392 e. The van der Waals surface area contributed by atoms with Crippen LogP contribution in [-0.2, 0) is 11.2 Å². The van der Waals surface area contributed by atoms with Crippen LogP contribution in [0.3, 0.4) is 0 Å². The summed E-state index contributed by atoms with van der Waals surface area (Å²) < 4.78 is 0. The van der Waals surface area contributed by atoms with Crippen molar-refractivity contribution in [2.75, 3.05) is 26.2 Å². The van der Waals surface area contributed by atoms with Crippen LogP contribution < -0.4 is 5.73 Å². The molecule has 1 fully saturated rings. The topological polar surface area (TPSA) is 49.6 Å². The van der Waals surface area contributed by atoms with Crippen LogP contribution in [0.4, 0.5) is 0 Å². The molecule has 1 aliphatic rings. The lowest BCUT2D eigenvalue weighted by Gasteiger charge is -2.43. The average Bonchev–Trinajstić information content (AvgIpc) is 2.91. The van der Waals surface area contributed by atoms with Gasteiger partial charge in [-0.3, -0.25) is 9.69 Å². The van der Waals surface area contributed by atoms with Crippen LogP contribution in [0.1, 0.15) is 18.7 Å². The first-order chi connectivity index (χ1) is 9.41. The molecule has 20 heavy (non-hydrogen) atoms. The minimum absolute atomic E-state index is 0.209. The third-order valence-electron chi connectivity index (χ3n) is 3.93. The zero-order valence-electron chi connectivity index (χ0n) is 12.0. The van der Waals surface area contributed by atoms with Gasteiger partial charge in [0, 0.05) is 31.1 Å². The van der Waals surface area contributed by atoms with Gasteiger partial charge in [-0.1, -0.05) is 18.3 Å². The van der Waals surface area contributed by atoms with Crippen LogP contribution in [0.25, 0.3) is 0 Å². The molecule has 0 aliphatic carbocycles. The Hall–Kier alpha value is -0.980. The maximum Gasteiger partial charge on any atom is 0.227 e. The molecule has 2 heterocycles. The molecule has 1 aliphatic heterocycles. The zero-order chi connectivity index (χ0) is 14.8. The molecule has 1 aromatic heterocycles. The molecule has 1 aromatic rings. The van der Waals surface area contributed by atoms with Gasteiger partial charge in [-0.25, -0.2) is 0 Å². The Balaban J connectivity index is 1.88. The monoisotopic (exact) mass is 311 g/mol. The van der Waals surface area contributed by atoms with E-state index in [1.54, 1.807) is 11.3 Å². The lowest BCUT2D eigenvalue weighted by molar-refractivity contribution is -0.132. The number of hydrogen-bond acceptors (Lipinski definition) is 4. The Labute approximate surface area is 129 Å². The number of thiocarbonyl (C=S) groups is 1. The molecule has 110 valence electrons. The first-order valence-corrected chi connectivity index (χ1v) is 8.05. The fraction of sp³-hybridized carbons (Fsp3) is 0.571. The standard InChI is InChI=1S/C14H21N3OS2/c1-14(2,13(15)19)17-7-5-16(6-8-17)12(18)10-11-4-3-9-20-11/h3-4,9H,5-8,10H2,1-2H3,(H2,15,19). The fourth-order valence-electron chi connectivity index (χ4n) is 2.34. The van der Waals surface area contributed by atoms with Crippen LogP contribution >= 0.6 is 23.6 Å². The number of carbonyl (C=O) groups excluding carboxylic acids is 1. The molecular weight excluding hydrogens is 290 g/mol. The van der Waals surface area contributed by atoms with Crippen molar-refractivity contribution in [3.05, 3.63) is 22.4 Å². The molecule has 0 saturated carbocycles. The van der Waals surface area contributed by atoms with Crippen molar-refractivity contribution in [1.29, 1.82) is 0 Å². The number of nitrogens with two attached hydrogens (primary N) is 1. The van der Waals surface area contributed by atoms with Crippen LogP contribution in [-0.4, -0.2) is 52.4 Å². The van der Waals surface area contributed by atoms with Crippen LogP contribution in [0, 0.1) is 0 Å². The van der Waals surface area contributed by atoms with E-state index in [4.69, 9.17) is 18.0 Å². The SMILES string of the molecule is CC(C)(C(N)=S)N1CCN(C(=O)Cc2cccs2)CC1.